The van der Waals surface area contributed by atoms with Gasteiger partial charge in [-0.1, -0.05) is 48.5 Å². The fourth-order valence-corrected chi connectivity index (χ4v) is 6.71. The Labute approximate surface area is 205 Å². The maximum Gasteiger partial charge on any atom is 0.269 e. The lowest BCUT2D eigenvalue weighted by atomic mass is 9.63. The Morgan fingerprint density at radius 1 is 0.750 bits per heavy atom. The van der Waals surface area contributed by atoms with E-state index < -0.39 is 27.2 Å². The lowest BCUT2D eigenvalue weighted by Crippen LogP contribution is -2.43. The Morgan fingerprint density at radius 2 is 1.25 bits per heavy atom. The predicted molar refractivity (Wildman–Crippen MR) is 129 cm³/mol. The van der Waals surface area contributed by atoms with E-state index in [1.807, 2.05) is 0 Å². The van der Waals surface area contributed by atoms with Crippen LogP contribution in [0.3, 0.4) is 0 Å². The maximum atomic E-state index is 14.3. The normalized spacial score (nSPS) is 24.2. The van der Waals surface area contributed by atoms with Crippen LogP contribution < -0.4 is 0 Å². The first-order chi connectivity index (χ1) is 17.4. The number of nitrogens with zero attached hydrogens (tertiary/aromatic N) is 3. The Hall–Kier alpha value is -4.24. The van der Waals surface area contributed by atoms with Crippen LogP contribution in [0.4, 0.5) is 11.4 Å². The first-order valence-electron chi connectivity index (χ1n) is 11.8. The van der Waals surface area contributed by atoms with Gasteiger partial charge in [-0.05, 0) is 30.5 Å². The van der Waals surface area contributed by atoms with Crippen LogP contribution in [-0.4, -0.2) is 38.9 Å². The number of hydrogen-bond acceptors (Lipinski definition) is 7. The first kappa shape index (κ1) is 22.2. The molecule has 180 valence electrons. The van der Waals surface area contributed by atoms with E-state index in [1.54, 1.807) is 48.5 Å². The van der Waals surface area contributed by atoms with Crippen LogP contribution in [0.5, 0.6) is 0 Å². The van der Waals surface area contributed by atoms with E-state index in [9.17, 15) is 29.8 Å². The quantitative estimate of drug-likeness (QED) is 0.294. The Balaban J connectivity index is 1.59. The number of carbonyl (C=O) groups is 2. The van der Waals surface area contributed by atoms with Crippen molar-refractivity contribution in [3.63, 3.8) is 0 Å². The molecular weight excluding hydrogens is 462 g/mol. The van der Waals surface area contributed by atoms with Crippen molar-refractivity contribution in [1.29, 1.82) is 0 Å². The molecule has 3 aliphatic rings. The van der Waals surface area contributed by atoms with Crippen molar-refractivity contribution in [1.82, 2.24) is 4.90 Å². The number of rotatable bonds is 4. The van der Waals surface area contributed by atoms with Gasteiger partial charge >= 0.3 is 0 Å². The van der Waals surface area contributed by atoms with Crippen molar-refractivity contribution in [2.24, 2.45) is 5.41 Å². The van der Waals surface area contributed by atoms with Crippen LogP contribution in [0, 0.1) is 25.6 Å². The van der Waals surface area contributed by atoms with Gasteiger partial charge in [-0.3, -0.25) is 34.7 Å². The third kappa shape index (κ3) is 2.86. The van der Waals surface area contributed by atoms with Gasteiger partial charge < -0.3 is 0 Å². The van der Waals surface area contributed by atoms with Crippen molar-refractivity contribution >= 4 is 22.9 Å². The second kappa shape index (κ2) is 7.89. The van der Waals surface area contributed by atoms with E-state index in [0.29, 0.717) is 28.8 Å². The number of hydrogen-bond donors (Lipinski definition) is 0. The van der Waals surface area contributed by atoms with E-state index in [1.165, 1.54) is 24.3 Å². The molecule has 3 aromatic rings. The summed E-state index contributed by atoms with van der Waals surface area (Å²) in [4.78, 5) is 52.4. The standard InChI is InChI=1S/C27H21N3O6/c31-25-20-4-1-2-5-21(20)26(32)27(25)23(16-7-11-18(12-8-16)29(33)34)22-6-3-15-28(22)24(27)17-9-13-19(14-10-17)30(35)36/h1-2,4-5,7-14,22-24H,3,6,15H2/t22-,23-,24-/m0/s1. The van der Waals surface area contributed by atoms with Gasteiger partial charge in [-0.25, -0.2) is 0 Å². The van der Waals surface area contributed by atoms with Gasteiger partial charge in [-0.15, -0.1) is 0 Å². The highest BCUT2D eigenvalue weighted by Crippen LogP contribution is 2.65. The Morgan fingerprint density at radius 3 is 1.75 bits per heavy atom. The summed E-state index contributed by atoms with van der Waals surface area (Å²) >= 11 is 0. The zero-order valence-electron chi connectivity index (χ0n) is 19.1. The van der Waals surface area contributed by atoms with E-state index >= 15 is 0 Å². The fourth-order valence-electron chi connectivity index (χ4n) is 6.71. The smallest absolute Gasteiger partial charge is 0.269 e. The molecule has 0 N–H and O–H groups in total. The second-order valence-corrected chi connectivity index (χ2v) is 9.60. The summed E-state index contributed by atoms with van der Waals surface area (Å²) in [7, 11) is 0. The lowest BCUT2D eigenvalue weighted by Gasteiger charge is -2.35. The Kier molecular flexibility index (Phi) is 4.87. The summed E-state index contributed by atoms with van der Waals surface area (Å²) in [5.41, 5.74) is 0.533. The number of nitro groups is 2. The molecule has 0 bridgehead atoms. The molecule has 2 aliphatic heterocycles. The second-order valence-electron chi connectivity index (χ2n) is 9.60. The van der Waals surface area contributed by atoms with Crippen LogP contribution >= 0.6 is 0 Å². The number of non-ortho nitro benzene ring substituents is 2. The molecule has 0 radical (unpaired) electrons. The van der Waals surface area contributed by atoms with Crippen LogP contribution in [-0.2, 0) is 0 Å². The third-order valence-electron chi connectivity index (χ3n) is 8.03. The van der Waals surface area contributed by atoms with Gasteiger partial charge in [0.1, 0.15) is 5.41 Å². The number of benzene rings is 3. The van der Waals surface area contributed by atoms with Crippen molar-refractivity contribution in [2.75, 3.05) is 6.54 Å². The minimum absolute atomic E-state index is 0.0617. The van der Waals surface area contributed by atoms with Crippen molar-refractivity contribution < 1.29 is 19.4 Å². The van der Waals surface area contributed by atoms with Crippen molar-refractivity contribution in [2.45, 2.75) is 30.8 Å². The molecule has 2 saturated heterocycles. The molecule has 1 spiro atoms. The molecule has 9 nitrogen and oxygen atoms in total. The molecule has 0 saturated carbocycles. The van der Waals surface area contributed by atoms with Crippen LogP contribution in [0.25, 0.3) is 0 Å². The first-order valence-corrected chi connectivity index (χ1v) is 11.8. The third-order valence-corrected chi connectivity index (χ3v) is 8.03. The summed E-state index contributed by atoms with van der Waals surface area (Å²) in [6.07, 6.45) is 1.65. The average molecular weight is 483 g/mol. The molecule has 2 heterocycles. The monoisotopic (exact) mass is 483 g/mol. The predicted octanol–water partition coefficient (Wildman–Crippen LogP) is 4.87. The molecule has 36 heavy (non-hydrogen) atoms. The van der Waals surface area contributed by atoms with Gasteiger partial charge in [-0.2, -0.15) is 0 Å². The fraction of sp³-hybridized carbons (Fsp3) is 0.259. The minimum Gasteiger partial charge on any atom is -0.293 e. The summed E-state index contributed by atoms with van der Waals surface area (Å²) in [5, 5.41) is 22.5. The Bertz CT molecular complexity index is 1320. The summed E-state index contributed by atoms with van der Waals surface area (Å²) < 4.78 is 0. The molecule has 2 fully saturated rings. The van der Waals surface area contributed by atoms with E-state index in [4.69, 9.17) is 0 Å². The van der Waals surface area contributed by atoms with Crippen LogP contribution in [0.15, 0.2) is 72.8 Å². The molecule has 3 aromatic carbocycles. The summed E-state index contributed by atoms with van der Waals surface area (Å²) in [6.45, 7) is 0.675. The zero-order chi connectivity index (χ0) is 25.2. The van der Waals surface area contributed by atoms with Gasteiger partial charge in [0.2, 0.25) is 0 Å². The molecule has 6 rings (SSSR count). The number of ketones is 2. The molecule has 0 unspecified atom stereocenters. The van der Waals surface area contributed by atoms with Crippen molar-refractivity contribution in [3.05, 3.63) is 115 Å². The average Bonchev–Trinajstić information content (AvgIpc) is 3.52. The number of nitro benzene ring substituents is 2. The largest absolute Gasteiger partial charge is 0.293 e. The highest BCUT2D eigenvalue weighted by Gasteiger charge is 2.70. The van der Waals surface area contributed by atoms with Crippen molar-refractivity contribution in [3.8, 4) is 0 Å². The zero-order valence-corrected chi connectivity index (χ0v) is 19.1. The molecule has 3 atom stereocenters. The number of fused-ring (bicyclic) bond motifs is 2. The van der Waals surface area contributed by atoms with E-state index in [0.717, 1.165) is 12.8 Å². The van der Waals surface area contributed by atoms with Crippen LogP contribution in [0.1, 0.15) is 56.6 Å². The topological polar surface area (TPSA) is 124 Å². The molecule has 9 heteroatoms. The van der Waals surface area contributed by atoms with E-state index in [-0.39, 0.29) is 29.0 Å². The van der Waals surface area contributed by atoms with E-state index in [2.05, 4.69) is 4.90 Å². The highest BCUT2D eigenvalue weighted by molar-refractivity contribution is 6.31. The van der Waals surface area contributed by atoms with Gasteiger partial charge in [0.15, 0.2) is 11.6 Å². The molecule has 1 aliphatic carbocycles. The van der Waals surface area contributed by atoms with Gasteiger partial charge in [0.05, 0.1) is 15.9 Å². The summed E-state index contributed by atoms with van der Waals surface area (Å²) in [6, 6.07) is 18.3. The molecule has 0 amide bonds. The van der Waals surface area contributed by atoms with Gasteiger partial charge in [0.25, 0.3) is 11.4 Å². The lowest BCUT2D eigenvalue weighted by molar-refractivity contribution is -0.385. The molecule has 0 aromatic heterocycles. The number of carbonyl (C=O) groups excluding carboxylic acids is 2. The highest BCUT2D eigenvalue weighted by atomic mass is 16.6. The van der Waals surface area contributed by atoms with Crippen LogP contribution in [0.2, 0.25) is 0 Å². The number of Topliss-reactive ketones (excluding diaryl/α,β-unsaturated/α-hetero) is 2. The molecular formula is C27H21N3O6. The van der Waals surface area contributed by atoms with Gasteiger partial charge in [0, 0.05) is 47.4 Å². The minimum atomic E-state index is -1.47. The maximum absolute atomic E-state index is 14.3. The summed E-state index contributed by atoms with van der Waals surface area (Å²) in [5.74, 6) is -1.04. The SMILES string of the molecule is O=C1c2ccccc2C(=O)C12[C@H](c1ccc([N+](=O)[O-])cc1)N1CCC[C@H]1[C@@H]2c1ccc([N+](=O)[O-])cc1.